The fourth-order valence-electron chi connectivity index (χ4n) is 3.10. The molecule has 1 atom stereocenters. The van der Waals surface area contributed by atoms with Gasteiger partial charge in [0.1, 0.15) is 0 Å². The van der Waals surface area contributed by atoms with Gasteiger partial charge in [-0.25, -0.2) is 0 Å². The van der Waals surface area contributed by atoms with Crippen LogP contribution in [0.5, 0.6) is 0 Å². The highest BCUT2D eigenvalue weighted by molar-refractivity contribution is 5.15. The Hall–Kier alpha value is -1.68. The lowest BCUT2D eigenvalue weighted by atomic mass is 9.84. The molecule has 1 heterocycles. The lowest BCUT2D eigenvalue weighted by Crippen LogP contribution is -2.23. The maximum atomic E-state index is 6.29. The lowest BCUT2D eigenvalue weighted by Gasteiger charge is -2.24. The molecular weight excluding hydrogens is 262 g/mol. The molecule has 4 nitrogen and oxygen atoms in total. The fourth-order valence-corrected chi connectivity index (χ4v) is 3.10. The van der Waals surface area contributed by atoms with Crippen LogP contribution in [-0.2, 0) is 12.8 Å². The van der Waals surface area contributed by atoms with Gasteiger partial charge in [-0.15, -0.1) is 0 Å². The topological polar surface area (TPSA) is 64.9 Å². The number of hydrogen-bond donors (Lipinski definition) is 1. The molecule has 2 aromatic rings. The standard InChI is InChI=1S/C17H23N3O/c18-16(14-9-5-2-6-10-14)17-19-15(20-21-17)12-11-13-7-3-1-4-8-13/h1,3-4,7-8,14,16H,2,5-6,9-12,18H2. The molecule has 1 unspecified atom stereocenters. The van der Waals surface area contributed by atoms with E-state index in [1.54, 1.807) is 0 Å². The van der Waals surface area contributed by atoms with E-state index in [1.807, 2.05) is 6.07 Å². The molecule has 1 fully saturated rings. The van der Waals surface area contributed by atoms with E-state index >= 15 is 0 Å². The first-order valence-corrected chi connectivity index (χ1v) is 7.95. The summed E-state index contributed by atoms with van der Waals surface area (Å²) in [6.07, 6.45) is 7.96. The molecule has 0 bridgehead atoms. The summed E-state index contributed by atoms with van der Waals surface area (Å²) < 4.78 is 5.38. The molecule has 0 saturated heterocycles. The van der Waals surface area contributed by atoms with Crippen molar-refractivity contribution in [1.29, 1.82) is 0 Å². The van der Waals surface area contributed by atoms with Crippen LogP contribution in [0, 0.1) is 5.92 Å². The van der Waals surface area contributed by atoms with Gasteiger partial charge < -0.3 is 10.3 Å². The summed E-state index contributed by atoms with van der Waals surface area (Å²) in [6.45, 7) is 0. The second kappa shape index (κ2) is 6.85. The average Bonchev–Trinajstić information content (AvgIpc) is 3.03. The summed E-state index contributed by atoms with van der Waals surface area (Å²) in [5, 5.41) is 4.08. The quantitative estimate of drug-likeness (QED) is 0.914. The van der Waals surface area contributed by atoms with Gasteiger partial charge in [-0.1, -0.05) is 54.8 Å². The van der Waals surface area contributed by atoms with E-state index in [0.29, 0.717) is 11.8 Å². The van der Waals surface area contributed by atoms with E-state index < -0.39 is 0 Å². The van der Waals surface area contributed by atoms with Crippen LogP contribution in [0.1, 0.15) is 55.4 Å². The summed E-state index contributed by atoms with van der Waals surface area (Å²) >= 11 is 0. The third-order valence-electron chi connectivity index (χ3n) is 4.41. The van der Waals surface area contributed by atoms with Crippen molar-refractivity contribution < 1.29 is 4.52 Å². The van der Waals surface area contributed by atoms with E-state index in [1.165, 1.54) is 37.7 Å². The SMILES string of the molecule is NC(c1nc(CCc2ccccc2)no1)C1CCCCC1. The van der Waals surface area contributed by atoms with E-state index in [9.17, 15) is 0 Å². The number of benzene rings is 1. The van der Waals surface area contributed by atoms with Crippen LogP contribution in [0.4, 0.5) is 0 Å². The van der Waals surface area contributed by atoms with Gasteiger partial charge in [0.15, 0.2) is 5.82 Å². The second-order valence-electron chi connectivity index (χ2n) is 5.96. The van der Waals surface area contributed by atoms with Crippen LogP contribution in [0.15, 0.2) is 34.9 Å². The Morgan fingerprint density at radius 2 is 1.86 bits per heavy atom. The fraction of sp³-hybridized carbons (Fsp3) is 0.529. The minimum atomic E-state index is -0.0942. The summed E-state index contributed by atoms with van der Waals surface area (Å²) in [7, 11) is 0. The average molecular weight is 285 g/mol. The van der Waals surface area contributed by atoms with Gasteiger partial charge in [-0.3, -0.25) is 0 Å². The first-order chi connectivity index (χ1) is 10.3. The number of nitrogens with zero attached hydrogens (tertiary/aromatic N) is 2. The minimum absolute atomic E-state index is 0.0942. The van der Waals surface area contributed by atoms with Gasteiger partial charge in [0.25, 0.3) is 0 Å². The first-order valence-electron chi connectivity index (χ1n) is 7.95. The molecular formula is C17H23N3O. The Morgan fingerprint density at radius 1 is 1.10 bits per heavy atom. The predicted octanol–water partition coefficient (Wildman–Crippen LogP) is 3.43. The maximum Gasteiger partial charge on any atom is 0.243 e. The van der Waals surface area contributed by atoms with Gasteiger partial charge in [-0.2, -0.15) is 4.98 Å². The Labute approximate surface area is 125 Å². The Bertz CT molecular complexity index is 546. The molecule has 0 amide bonds. The lowest BCUT2D eigenvalue weighted by molar-refractivity contribution is 0.255. The van der Waals surface area contributed by atoms with Crippen LogP contribution in [0.3, 0.4) is 0 Å². The third-order valence-corrected chi connectivity index (χ3v) is 4.41. The molecule has 112 valence electrons. The molecule has 1 aromatic carbocycles. The van der Waals surface area contributed by atoms with Crippen molar-refractivity contribution in [3.63, 3.8) is 0 Å². The van der Waals surface area contributed by atoms with Crippen molar-refractivity contribution in [2.45, 2.75) is 51.0 Å². The zero-order valence-electron chi connectivity index (χ0n) is 12.4. The van der Waals surface area contributed by atoms with E-state index in [-0.39, 0.29) is 6.04 Å². The summed E-state index contributed by atoms with van der Waals surface area (Å²) in [4.78, 5) is 4.50. The maximum absolute atomic E-state index is 6.29. The molecule has 1 aliphatic rings. The Balaban J connectivity index is 1.58. The molecule has 1 saturated carbocycles. The first kappa shape index (κ1) is 14.3. The van der Waals surface area contributed by atoms with Crippen molar-refractivity contribution in [2.24, 2.45) is 11.7 Å². The normalized spacial score (nSPS) is 17.8. The van der Waals surface area contributed by atoms with Crippen LogP contribution < -0.4 is 5.73 Å². The van der Waals surface area contributed by atoms with E-state index in [2.05, 4.69) is 34.4 Å². The summed E-state index contributed by atoms with van der Waals surface area (Å²) in [6, 6.07) is 10.3. The van der Waals surface area contributed by atoms with Gasteiger partial charge >= 0.3 is 0 Å². The summed E-state index contributed by atoms with van der Waals surface area (Å²) in [5.74, 6) is 1.88. The predicted molar refractivity (Wildman–Crippen MR) is 81.7 cm³/mol. The molecule has 4 heteroatoms. The Morgan fingerprint density at radius 3 is 2.62 bits per heavy atom. The number of aromatic nitrogens is 2. The van der Waals surface area contributed by atoms with Crippen molar-refractivity contribution in [3.05, 3.63) is 47.6 Å². The van der Waals surface area contributed by atoms with Crippen molar-refractivity contribution in [3.8, 4) is 0 Å². The van der Waals surface area contributed by atoms with Gasteiger partial charge in [0, 0.05) is 6.42 Å². The molecule has 0 radical (unpaired) electrons. The van der Waals surface area contributed by atoms with Crippen LogP contribution in [0.2, 0.25) is 0 Å². The highest BCUT2D eigenvalue weighted by atomic mass is 16.5. The van der Waals surface area contributed by atoms with Crippen LogP contribution in [0.25, 0.3) is 0 Å². The molecule has 21 heavy (non-hydrogen) atoms. The van der Waals surface area contributed by atoms with Gasteiger partial charge in [0.05, 0.1) is 6.04 Å². The van der Waals surface area contributed by atoms with Crippen molar-refractivity contribution in [2.75, 3.05) is 0 Å². The number of hydrogen-bond acceptors (Lipinski definition) is 4. The van der Waals surface area contributed by atoms with E-state index in [4.69, 9.17) is 10.3 Å². The molecule has 2 N–H and O–H groups in total. The van der Waals surface area contributed by atoms with Gasteiger partial charge in [-0.05, 0) is 30.7 Å². The zero-order chi connectivity index (χ0) is 14.5. The highest BCUT2D eigenvalue weighted by Gasteiger charge is 2.26. The molecule has 1 aromatic heterocycles. The monoisotopic (exact) mass is 285 g/mol. The van der Waals surface area contributed by atoms with Crippen LogP contribution >= 0.6 is 0 Å². The van der Waals surface area contributed by atoms with Crippen LogP contribution in [-0.4, -0.2) is 10.1 Å². The smallest absolute Gasteiger partial charge is 0.243 e. The van der Waals surface area contributed by atoms with E-state index in [0.717, 1.165) is 18.7 Å². The number of rotatable bonds is 5. The number of aryl methyl sites for hydroxylation is 2. The third kappa shape index (κ3) is 3.70. The van der Waals surface area contributed by atoms with Crippen molar-refractivity contribution in [1.82, 2.24) is 10.1 Å². The summed E-state index contributed by atoms with van der Waals surface area (Å²) in [5.41, 5.74) is 7.59. The zero-order valence-corrected chi connectivity index (χ0v) is 12.4. The molecule has 0 spiro atoms. The second-order valence-corrected chi connectivity index (χ2v) is 5.96. The minimum Gasteiger partial charge on any atom is -0.338 e. The highest BCUT2D eigenvalue weighted by Crippen LogP contribution is 2.32. The largest absolute Gasteiger partial charge is 0.338 e. The number of nitrogens with two attached hydrogens (primary N) is 1. The Kier molecular flexibility index (Phi) is 4.65. The van der Waals surface area contributed by atoms with Gasteiger partial charge in [0.2, 0.25) is 5.89 Å². The van der Waals surface area contributed by atoms with Crippen molar-refractivity contribution >= 4 is 0 Å². The molecule has 1 aliphatic carbocycles. The molecule has 0 aliphatic heterocycles. The molecule has 3 rings (SSSR count).